The van der Waals surface area contributed by atoms with Crippen LogP contribution < -0.4 is 9.47 Å². The first-order chi connectivity index (χ1) is 11.9. The van der Waals surface area contributed by atoms with E-state index in [2.05, 4.69) is 25.4 Å². The van der Waals surface area contributed by atoms with Crippen LogP contribution in [0.15, 0.2) is 42.5 Å². The number of tetrazole rings is 1. The molecular weight excluding hydrogens is 361 g/mol. The summed E-state index contributed by atoms with van der Waals surface area (Å²) in [6.07, 6.45) is -4.80. The van der Waals surface area contributed by atoms with Crippen molar-refractivity contribution in [1.29, 1.82) is 0 Å². The Kier molecular flexibility index (Phi) is 4.75. The second kappa shape index (κ2) is 6.98. The molecule has 10 heteroatoms. The molecule has 6 nitrogen and oxygen atoms in total. The molecule has 3 rings (SSSR count). The van der Waals surface area contributed by atoms with Gasteiger partial charge >= 0.3 is 6.36 Å². The van der Waals surface area contributed by atoms with Crippen LogP contribution >= 0.6 is 11.6 Å². The van der Waals surface area contributed by atoms with Crippen molar-refractivity contribution in [3.63, 3.8) is 0 Å². The summed E-state index contributed by atoms with van der Waals surface area (Å²) in [5, 5.41) is 13.3. The molecule has 0 aliphatic carbocycles. The molecule has 0 bridgehead atoms. The zero-order valence-electron chi connectivity index (χ0n) is 12.4. The standard InChI is InChI=1S/C15H10ClF3N4O2/c16-12-7-11(4-5-13(12)25-15(17,18)19)24-8-9-2-1-3-10(6-9)14-20-22-23-21-14/h1-7H,8H2,(H,20,21,22,23). The lowest BCUT2D eigenvalue weighted by Crippen LogP contribution is -2.17. The third kappa shape index (κ3) is 4.60. The molecule has 0 spiro atoms. The summed E-state index contributed by atoms with van der Waals surface area (Å²) in [7, 11) is 0. The molecule has 0 atom stereocenters. The van der Waals surface area contributed by atoms with E-state index in [-0.39, 0.29) is 11.6 Å². The molecular formula is C15H10ClF3N4O2. The molecule has 0 saturated heterocycles. The number of hydrogen-bond acceptors (Lipinski definition) is 5. The fourth-order valence-corrected chi connectivity index (χ4v) is 2.24. The molecule has 0 saturated carbocycles. The number of nitrogens with zero attached hydrogens (tertiary/aromatic N) is 3. The topological polar surface area (TPSA) is 72.9 Å². The molecule has 0 amide bonds. The van der Waals surface area contributed by atoms with Gasteiger partial charge in [-0.3, -0.25) is 0 Å². The molecule has 25 heavy (non-hydrogen) atoms. The molecule has 0 aliphatic heterocycles. The van der Waals surface area contributed by atoms with Crippen molar-refractivity contribution in [2.24, 2.45) is 0 Å². The van der Waals surface area contributed by atoms with Crippen LogP contribution in [0.1, 0.15) is 5.56 Å². The van der Waals surface area contributed by atoms with E-state index in [0.717, 1.165) is 17.2 Å². The highest BCUT2D eigenvalue weighted by Gasteiger charge is 2.32. The Balaban J connectivity index is 1.68. The third-order valence-corrected chi connectivity index (χ3v) is 3.38. The van der Waals surface area contributed by atoms with E-state index in [9.17, 15) is 13.2 Å². The number of H-pyrrole nitrogens is 1. The summed E-state index contributed by atoms with van der Waals surface area (Å²) in [5.41, 5.74) is 1.60. The van der Waals surface area contributed by atoms with Crippen LogP contribution in [0.2, 0.25) is 5.02 Å². The number of aromatic amines is 1. The van der Waals surface area contributed by atoms with Gasteiger partial charge in [0.15, 0.2) is 5.82 Å². The van der Waals surface area contributed by atoms with Gasteiger partial charge in [-0.2, -0.15) is 0 Å². The van der Waals surface area contributed by atoms with E-state index in [1.54, 1.807) is 0 Å². The zero-order chi connectivity index (χ0) is 17.9. The number of aromatic nitrogens is 4. The maximum absolute atomic E-state index is 12.2. The molecule has 0 aliphatic rings. The summed E-state index contributed by atoms with van der Waals surface area (Å²) >= 11 is 5.78. The maximum atomic E-state index is 12.2. The van der Waals surface area contributed by atoms with Gasteiger partial charge in [-0.15, -0.1) is 18.3 Å². The van der Waals surface area contributed by atoms with Crippen LogP contribution in [0.3, 0.4) is 0 Å². The number of ether oxygens (including phenoxy) is 2. The number of nitrogens with one attached hydrogen (secondary N) is 1. The molecule has 3 aromatic rings. The first-order valence-corrected chi connectivity index (χ1v) is 7.30. The van der Waals surface area contributed by atoms with Crippen molar-refractivity contribution in [2.45, 2.75) is 13.0 Å². The maximum Gasteiger partial charge on any atom is 0.573 e. The average molecular weight is 371 g/mol. The van der Waals surface area contributed by atoms with Gasteiger partial charge in [0.1, 0.15) is 18.1 Å². The second-order valence-corrected chi connectivity index (χ2v) is 5.29. The van der Waals surface area contributed by atoms with Gasteiger partial charge in [-0.25, -0.2) is 5.10 Å². The first-order valence-electron chi connectivity index (χ1n) is 6.92. The highest BCUT2D eigenvalue weighted by Crippen LogP contribution is 2.33. The molecule has 1 N–H and O–H groups in total. The average Bonchev–Trinajstić information content (AvgIpc) is 3.09. The summed E-state index contributed by atoms with van der Waals surface area (Å²) < 4.78 is 46.0. The van der Waals surface area contributed by atoms with Crippen molar-refractivity contribution < 1.29 is 22.6 Å². The van der Waals surface area contributed by atoms with Gasteiger partial charge in [0, 0.05) is 11.6 Å². The lowest BCUT2D eigenvalue weighted by Gasteiger charge is -2.12. The number of benzene rings is 2. The molecule has 0 unspecified atom stereocenters. The lowest BCUT2D eigenvalue weighted by molar-refractivity contribution is -0.274. The van der Waals surface area contributed by atoms with Gasteiger partial charge in [0.25, 0.3) is 0 Å². The predicted octanol–water partition coefficient (Wildman–Crippen LogP) is 4.00. The molecule has 130 valence electrons. The van der Waals surface area contributed by atoms with E-state index >= 15 is 0 Å². The highest BCUT2D eigenvalue weighted by molar-refractivity contribution is 6.32. The summed E-state index contributed by atoms with van der Waals surface area (Å²) in [6.45, 7) is 0.186. The second-order valence-electron chi connectivity index (χ2n) is 4.88. The molecule has 1 aromatic heterocycles. The molecule has 0 fully saturated rings. The van der Waals surface area contributed by atoms with E-state index in [0.29, 0.717) is 11.6 Å². The van der Waals surface area contributed by atoms with Gasteiger partial charge in [-0.05, 0) is 34.2 Å². The van der Waals surface area contributed by atoms with Crippen molar-refractivity contribution in [3.8, 4) is 22.9 Å². The van der Waals surface area contributed by atoms with Crippen molar-refractivity contribution in [1.82, 2.24) is 20.6 Å². The van der Waals surface area contributed by atoms with Crippen molar-refractivity contribution in [3.05, 3.63) is 53.1 Å². The highest BCUT2D eigenvalue weighted by atomic mass is 35.5. The normalized spacial score (nSPS) is 11.4. The smallest absolute Gasteiger partial charge is 0.489 e. The fourth-order valence-electron chi connectivity index (χ4n) is 2.04. The zero-order valence-corrected chi connectivity index (χ0v) is 13.2. The minimum Gasteiger partial charge on any atom is -0.489 e. The van der Waals surface area contributed by atoms with E-state index in [4.69, 9.17) is 16.3 Å². The van der Waals surface area contributed by atoms with Crippen molar-refractivity contribution in [2.75, 3.05) is 0 Å². The van der Waals surface area contributed by atoms with E-state index < -0.39 is 12.1 Å². The minimum atomic E-state index is -4.80. The number of rotatable bonds is 5. The van der Waals surface area contributed by atoms with Crippen LogP contribution in [-0.2, 0) is 6.61 Å². The Morgan fingerprint density at radius 1 is 1.12 bits per heavy atom. The Labute approximate surface area is 144 Å². The van der Waals surface area contributed by atoms with Crippen molar-refractivity contribution >= 4 is 11.6 Å². The summed E-state index contributed by atoms with van der Waals surface area (Å²) in [6, 6.07) is 11.0. The predicted molar refractivity (Wildman–Crippen MR) is 82.1 cm³/mol. The Bertz CT molecular complexity index is 856. The van der Waals surface area contributed by atoms with E-state index in [1.165, 1.54) is 12.1 Å². The molecule has 0 radical (unpaired) electrons. The van der Waals surface area contributed by atoms with Crippen LogP contribution in [-0.4, -0.2) is 27.0 Å². The number of halogens is 4. The summed E-state index contributed by atoms with van der Waals surface area (Å²) in [4.78, 5) is 0. The van der Waals surface area contributed by atoms with E-state index in [1.807, 2.05) is 24.3 Å². The first kappa shape index (κ1) is 17.0. The Hall–Kier alpha value is -2.81. The van der Waals surface area contributed by atoms with Crippen LogP contribution in [0.5, 0.6) is 11.5 Å². The van der Waals surface area contributed by atoms with Gasteiger partial charge in [-0.1, -0.05) is 29.8 Å². The molecule has 2 aromatic carbocycles. The lowest BCUT2D eigenvalue weighted by atomic mass is 10.1. The third-order valence-electron chi connectivity index (χ3n) is 3.08. The Morgan fingerprint density at radius 3 is 2.64 bits per heavy atom. The minimum absolute atomic E-state index is 0.186. The fraction of sp³-hybridized carbons (Fsp3) is 0.133. The molecule has 1 heterocycles. The monoisotopic (exact) mass is 370 g/mol. The van der Waals surface area contributed by atoms with Gasteiger partial charge in [0.2, 0.25) is 0 Å². The Morgan fingerprint density at radius 2 is 1.96 bits per heavy atom. The SMILES string of the molecule is FC(F)(F)Oc1ccc(OCc2cccc(-c3nnn[nH]3)c2)cc1Cl. The van der Waals surface area contributed by atoms with Crippen LogP contribution in [0.25, 0.3) is 11.4 Å². The van der Waals surface area contributed by atoms with Crippen LogP contribution in [0.4, 0.5) is 13.2 Å². The summed E-state index contributed by atoms with van der Waals surface area (Å²) in [5.74, 6) is 0.339. The van der Waals surface area contributed by atoms with Gasteiger partial charge in [0.05, 0.1) is 5.02 Å². The number of hydrogen-bond donors (Lipinski definition) is 1. The van der Waals surface area contributed by atoms with Gasteiger partial charge < -0.3 is 9.47 Å². The largest absolute Gasteiger partial charge is 0.573 e. The number of alkyl halides is 3. The quantitative estimate of drug-likeness (QED) is 0.735. The van der Waals surface area contributed by atoms with Crippen LogP contribution in [0, 0.1) is 0 Å².